The van der Waals surface area contributed by atoms with Crippen LogP contribution >= 0.6 is 0 Å². The number of alkyl halides is 2. The topological polar surface area (TPSA) is 74.6 Å². The second-order valence-electron chi connectivity index (χ2n) is 7.68. The predicted octanol–water partition coefficient (Wildman–Crippen LogP) is 2.16. The second-order valence-corrected chi connectivity index (χ2v) is 7.68. The van der Waals surface area contributed by atoms with Crippen LogP contribution in [0.4, 0.5) is 14.6 Å². The Balaban J connectivity index is 1.39. The summed E-state index contributed by atoms with van der Waals surface area (Å²) in [5, 5.41) is 10.6. The van der Waals surface area contributed by atoms with Crippen molar-refractivity contribution >= 4 is 17.2 Å². The number of nitrogens with zero attached hydrogens (tertiary/aromatic N) is 4. The van der Waals surface area contributed by atoms with Crippen LogP contribution in [0, 0.1) is 5.92 Å². The molecule has 2 aromatic heterocycles. The molecular formula is C19H26F2N6O. The Labute approximate surface area is 162 Å². The van der Waals surface area contributed by atoms with Crippen molar-refractivity contribution in [1.29, 1.82) is 0 Å². The summed E-state index contributed by atoms with van der Waals surface area (Å²) >= 11 is 0. The number of piperidine rings is 1. The minimum Gasteiger partial charge on any atom is -0.366 e. The molecule has 2 aliphatic rings. The maximum Gasteiger partial charge on any atom is 0.251 e. The second kappa shape index (κ2) is 8.38. The average molecular weight is 392 g/mol. The predicted molar refractivity (Wildman–Crippen MR) is 101 cm³/mol. The van der Waals surface area contributed by atoms with Gasteiger partial charge in [-0.1, -0.05) is 6.42 Å². The summed E-state index contributed by atoms with van der Waals surface area (Å²) in [5.74, 6) is 1.01. The van der Waals surface area contributed by atoms with Gasteiger partial charge in [0, 0.05) is 18.8 Å². The number of anilines is 1. The molecule has 2 unspecified atom stereocenters. The first-order valence-electron chi connectivity index (χ1n) is 9.96. The Morgan fingerprint density at radius 3 is 2.93 bits per heavy atom. The van der Waals surface area contributed by atoms with E-state index in [0.29, 0.717) is 25.4 Å². The zero-order chi connectivity index (χ0) is 19.5. The van der Waals surface area contributed by atoms with Gasteiger partial charge in [-0.25, -0.2) is 18.3 Å². The van der Waals surface area contributed by atoms with Gasteiger partial charge < -0.3 is 10.6 Å². The minimum atomic E-state index is -2.42. The van der Waals surface area contributed by atoms with Crippen molar-refractivity contribution in [3.8, 4) is 0 Å². The van der Waals surface area contributed by atoms with Gasteiger partial charge in [-0.2, -0.15) is 5.10 Å². The number of halogens is 2. The number of hydrogen-bond donors (Lipinski definition) is 2. The fourth-order valence-corrected chi connectivity index (χ4v) is 4.01. The molecule has 1 aliphatic carbocycles. The number of amides is 1. The van der Waals surface area contributed by atoms with Gasteiger partial charge in [0.2, 0.25) is 5.91 Å². The summed E-state index contributed by atoms with van der Waals surface area (Å²) in [6, 6.07) is 3.33. The number of fused-ring (bicyclic) bond motifs is 1. The molecule has 2 N–H and O–H groups in total. The van der Waals surface area contributed by atoms with Gasteiger partial charge in [0.1, 0.15) is 11.8 Å². The van der Waals surface area contributed by atoms with Gasteiger partial charge in [0.15, 0.2) is 5.82 Å². The van der Waals surface area contributed by atoms with Crippen LogP contribution in [0.5, 0.6) is 0 Å². The Hall–Kier alpha value is -2.29. The van der Waals surface area contributed by atoms with E-state index < -0.39 is 12.5 Å². The molecular weight excluding hydrogens is 366 g/mol. The molecule has 152 valence electrons. The normalized spacial score (nSPS) is 21.8. The van der Waals surface area contributed by atoms with Crippen molar-refractivity contribution in [2.75, 3.05) is 25.0 Å². The number of rotatable bonds is 8. The largest absolute Gasteiger partial charge is 0.366 e. The number of carbonyl (C=O) groups is 1. The SMILES string of the molecule is O=C(NC(CNc1ncnn2cccc12)C1CC1)C1CCCCN1CC(F)F. The van der Waals surface area contributed by atoms with Crippen molar-refractivity contribution < 1.29 is 13.6 Å². The molecule has 28 heavy (non-hydrogen) atoms. The van der Waals surface area contributed by atoms with Crippen LogP contribution in [0.15, 0.2) is 24.7 Å². The van der Waals surface area contributed by atoms with E-state index in [9.17, 15) is 13.6 Å². The van der Waals surface area contributed by atoms with E-state index >= 15 is 0 Å². The van der Waals surface area contributed by atoms with Crippen LogP contribution in [0.3, 0.4) is 0 Å². The quantitative estimate of drug-likeness (QED) is 0.720. The Morgan fingerprint density at radius 2 is 2.14 bits per heavy atom. The standard InChI is InChI=1S/C19H26F2N6O/c20-17(21)11-26-8-2-1-4-16(26)19(28)25-14(13-6-7-13)10-22-18-15-5-3-9-27(15)24-12-23-18/h3,5,9,12-14,16-17H,1-2,4,6-8,10-11H2,(H,25,28)(H,22,23,24). The maximum absolute atomic E-state index is 12.9. The molecule has 0 spiro atoms. The lowest BCUT2D eigenvalue weighted by Crippen LogP contribution is -2.54. The summed E-state index contributed by atoms with van der Waals surface area (Å²) in [6.07, 6.45) is 5.47. The van der Waals surface area contributed by atoms with Crippen molar-refractivity contribution in [3.63, 3.8) is 0 Å². The lowest BCUT2D eigenvalue weighted by Gasteiger charge is -2.35. The molecule has 2 aromatic rings. The maximum atomic E-state index is 12.9. The van der Waals surface area contributed by atoms with Crippen molar-refractivity contribution in [1.82, 2.24) is 24.8 Å². The number of nitrogens with one attached hydrogen (secondary N) is 2. The molecule has 2 atom stereocenters. The lowest BCUT2D eigenvalue weighted by atomic mass is 10.0. The van der Waals surface area contributed by atoms with Crippen LogP contribution < -0.4 is 10.6 Å². The van der Waals surface area contributed by atoms with E-state index in [1.807, 2.05) is 18.3 Å². The highest BCUT2D eigenvalue weighted by Gasteiger charge is 2.36. The lowest BCUT2D eigenvalue weighted by molar-refractivity contribution is -0.129. The van der Waals surface area contributed by atoms with Crippen LogP contribution in [0.1, 0.15) is 32.1 Å². The molecule has 0 bridgehead atoms. The molecule has 1 saturated heterocycles. The van der Waals surface area contributed by atoms with Crippen molar-refractivity contribution in [2.24, 2.45) is 5.92 Å². The fraction of sp³-hybridized carbons (Fsp3) is 0.632. The van der Waals surface area contributed by atoms with Crippen LogP contribution in [0.2, 0.25) is 0 Å². The molecule has 1 amide bonds. The highest BCUT2D eigenvalue weighted by atomic mass is 19.3. The highest BCUT2D eigenvalue weighted by molar-refractivity contribution is 5.82. The summed E-state index contributed by atoms with van der Waals surface area (Å²) in [7, 11) is 0. The third-order valence-corrected chi connectivity index (χ3v) is 5.63. The van der Waals surface area contributed by atoms with E-state index in [1.165, 1.54) is 6.33 Å². The summed E-state index contributed by atoms with van der Waals surface area (Å²) in [5.41, 5.74) is 0.874. The van der Waals surface area contributed by atoms with E-state index in [-0.39, 0.29) is 18.5 Å². The Kier molecular flexibility index (Phi) is 5.70. The number of likely N-dealkylation sites (tertiary alicyclic amines) is 1. The summed E-state index contributed by atoms with van der Waals surface area (Å²) in [6.45, 7) is 0.773. The first kappa shape index (κ1) is 19.0. The molecule has 0 radical (unpaired) electrons. The van der Waals surface area contributed by atoms with Gasteiger partial charge in [-0.3, -0.25) is 9.69 Å². The van der Waals surface area contributed by atoms with E-state index in [4.69, 9.17) is 0 Å². The number of hydrogen-bond acceptors (Lipinski definition) is 5. The van der Waals surface area contributed by atoms with Gasteiger partial charge in [0.05, 0.1) is 12.6 Å². The summed E-state index contributed by atoms with van der Waals surface area (Å²) in [4.78, 5) is 18.8. The molecule has 9 heteroatoms. The van der Waals surface area contributed by atoms with Gasteiger partial charge in [0.25, 0.3) is 6.43 Å². The fourth-order valence-electron chi connectivity index (χ4n) is 4.01. The van der Waals surface area contributed by atoms with Crippen molar-refractivity contribution in [3.05, 3.63) is 24.7 Å². The summed E-state index contributed by atoms with van der Waals surface area (Å²) < 4.78 is 27.5. The van der Waals surface area contributed by atoms with Crippen LogP contribution in [-0.4, -0.2) is 63.5 Å². The molecule has 7 nitrogen and oxygen atoms in total. The third-order valence-electron chi connectivity index (χ3n) is 5.63. The van der Waals surface area contributed by atoms with Crippen LogP contribution in [-0.2, 0) is 4.79 Å². The number of carbonyl (C=O) groups excluding carboxylic acids is 1. The van der Waals surface area contributed by atoms with E-state index in [1.54, 1.807) is 9.42 Å². The zero-order valence-electron chi connectivity index (χ0n) is 15.7. The molecule has 0 aromatic carbocycles. The van der Waals surface area contributed by atoms with Gasteiger partial charge >= 0.3 is 0 Å². The molecule has 3 heterocycles. The number of aromatic nitrogens is 3. The van der Waals surface area contributed by atoms with E-state index in [0.717, 1.165) is 37.0 Å². The van der Waals surface area contributed by atoms with Crippen molar-refractivity contribution in [2.45, 2.75) is 50.6 Å². The molecule has 1 saturated carbocycles. The Morgan fingerprint density at radius 1 is 1.29 bits per heavy atom. The first-order valence-corrected chi connectivity index (χ1v) is 9.96. The third kappa shape index (κ3) is 4.40. The Bertz CT molecular complexity index is 809. The van der Waals surface area contributed by atoms with Gasteiger partial charge in [-0.05, 0) is 50.3 Å². The first-order chi connectivity index (χ1) is 13.6. The van der Waals surface area contributed by atoms with Gasteiger partial charge in [-0.15, -0.1) is 0 Å². The van der Waals surface area contributed by atoms with Crippen LogP contribution in [0.25, 0.3) is 5.52 Å². The van der Waals surface area contributed by atoms with E-state index in [2.05, 4.69) is 20.7 Å². The highest BCUT2D eigenvalue weighted by Crippen LogP contribution is 2.33. The monoisotopic (exact) mass is 392 g/mol. The molecule has 2 fully saturated rings. The zero-order valence-corrected chi connectivity index (χ0v) is 15.7. The minimum absolute atomic E-state index is 0.0344. The average Bonchev–Trinajstić information content (AvgIpc) is 3.41. The molecule has 1 aliphatic heterocycles. The smallest absolute Gasteiger partial charge is 0.251 e. The molecule has 4 rings (SSSR count).